The van der Waals surface area contributed by atoms with Gasteiger partial charge in [0, 0.05) is 17.7 Å². The minimum atomic E-state index is 0.0519. The monoisotopic (exact) mass is 335 g/mol. The zero-order valence-corrected chi connectivity index (χ0v) is 14.6. The van der Waals surface area contributed by atoms with Gasteiger partial charge in [-0.05, 0) is 81.3 Å². The molecule has 1 N–H and O–H groups in total. The van der Waals surface area contributed by atoms with Crippen molar-refractivity contribution in [2.75, 3.05) is 0 Å². The second-order valence-electron chi connectivity index (χ2n) is 9.20. The van der Waals surface area contributed by atoms with Crippen molar-refractivity contribution >= 4 is 11.4 Å². The molecule has 1 amide bonds. The highest BCUT2D eigenvalue weighted by Gasteiger charge is 2.51. The molecule has 0 radical (unpaired) electrons. The molecular weight excluding hydrogens is 310 g/mol. The SMILES string of the molecule is O=C(NC12CC3CC(CC(C3)C1)C2)c1nc(C2CC2)n2ccccc12. The van der Waals surface area contributed by atoms with E-state index in [4.69, 9.17) is 4.98 Å². The number of hydrogen-bond donors (Lipinski definition) is 1. The first-order valence-corrected chi connectivity index (χ1v) is 9.99. The van der Waals surface area contributed by atoms with Gasteiger partial charge < -0.3 is 9.72 Å². The maximum Gasteiger partial charge on any atom is 0.272 e. The van der Waals surface area contributed by atoms with Gasteiger partial charge in [-0.1, -0.05) is 6.07 Å². The third-order valence-corrected chi connectivity index (χ3v) is 7.15. The lowest BCUT2D eigenvalue weighted by molar-refractivity contribution is -0.0167. The molecule has 0 aliphatic heterocycles. The van der Waals surface area contributed by atoms with Crippen LogP contribution in [0, 0.1) is 17.8 Å². The van der Waals surface area contributed by atoms with Crippen molar-refractivity contribution in [3.63, 3.8) is 0 Å². The van der Waals surface area contributed by atoms with E-state index in [9.17, 15) is 4.79 Å². The predicted molar refractivity (Wildman–Crippen MR) is 95.5 cm³/mol. The Kier molecular flexibility index (Phi) is 2.79. The molecule has 0 saturated heterocycles. The fraction of sp³-hybridized carbons (Fsp3) is 0.619. The molecule has 0 aromatic carbocycles. The van der Waals surface area contributed by atoms with E-state index >= 15 is 0 Å². The molecule has 25 heavy (non-hydrogen) atoms. The lowest BCUT2D eigenvalue weighted by Crippen LogP contribution is -2.59. The summed E-state index contributed by atoms with van der Waals surface area (Å²) in [6, 6.07) is 6.07. The number of rotatable bonds is 3. The molecule has 0 spiro atoms. The molecule has 0 atom stereocenters. The van der Waals surface area contributed by atoms with Crippen molar-refractivity contribution < 1.29 is 4.79 Å². The Hall–Kier alpha value is -1.84. The van der Waals surface area contributed by atoms with Crippen molar-refractivity contribution in [3.8, 4) is 0 Å². The van der Waals surface area contributed by atoms with Gasteiger partial charge in [0.1, 0.15) is 5.82 Å². The smallest absolute Gasteiger partial charge is 0.272 e. The molecule has 4 bridgehead atoms. The van der Waals surface area contributed by atoms with E-state index in [0.717, 1.165) is 29.1 Å². The molecule has 130 valence electrons. The molecular formula is C21H25N3O. The molecule has 4 nitrogen and oxygen atoms in total. The van der Waals surface area contributed by atoms with Crippen LogP contribution in [0.3, 0.4) is 0 Å². The summed E-state index contributed by atoms with van der Waals surface area (Å²) in [5.74, 6) is 4.19. The zero-order valence-electron chi connectivity index (χ0n) is 14.6. The van der Waals surface area contributed by atoms with E-state index in [-0.39, 0.29) is 11.4 Å². The lowest BCUT2D eigenvalue weighted by atomic mass is 9.53. The molecule has 2 heterocycles. The van der Waals surface area contributed by atoms with E-state index in [0.29, 0.717) is 11.6 Å². The van der Waals surface area contributed by atoms with Gasteiger partial charge in [-0.25, -0.2) is 4.98 Å². The molecule has 0 unspecified atom stereocenters. The number of aromatic nitrogens is 2. The molecule has 5 aliphatic rings. The van der Waals surface area contributed by atoms with Crippen LogP contribution in [0.25, 0.3) is 5.52 Å². The molecule has 5 saturated carbocycles. The molecule has 2 aromatic rings. The second-order valence-corrected chi connectivity index (χ2v) is 9.20. The van der Waals surface area contributed by atoms with Crippen LogP contribution in [0.4, 0.5) is 0 Å². The van der Waals surface area contributed by atoms with Crippen molar-refractivity contribution in [1.82, 2.24) is 14.7 Å². The Morgan fingerprint density at radius 2 is 1.76 bits per heavy atom. The van der Waals surface area contributed by atoms with E-state index in [1.807, 2.05) is 18.2 Å². The number of nitrogens with zero attached hydrogens (tertiary/aromatic N) is 2. The summed E-state index contributed by atoms with van der Waals surface area (Å²) < 4.78 is 2.13. The van der Waals surface area contributed by atoms with Gasteiger partial charge in [-0.2, -0.15) is 0 Å². The summed E-state index contributed by atoms with van der Waals surface area (Å²) in [6.07, 6.45) is 12.2. The molecule has 7 rings (SSSR count). The highest BCUT2D eigenvalue weighted by molar-refractivity contribution is 5.99. The Bertz CT molecular complexity index is 828. The van der Waals surface area contributed by atoms with Gasteiger partial charge in [0.05, 0.1) is 5.52 Å². The van der Waals surface area contributed by atoms with Crippen LogP contribution in [-0.2, 0) is 0 Å². The Morgan fingerprint density at radius 1 is 1.08 bits per heavy atom. The standard InChI is InChI=1S/C21H25N3O/c25-20(23-21-10-13-7-14(11-21)9-15(8-13)12-21)18-17-3-1-2-6-24(17)19(22-18)16-4-5-16/h1-3,6,13-16H,4-5,7-12H2,(H,23,25). The van der Waals surface area contributed by atoms with Crippen molar-refractivity contribution in [2.24, 2.45) is 17.8 Å². The van der Waals surface area contributed by atoms with Gasteiger partial charge in [0.2, 0.25) is 0 Å². The van der Waals surface area contributed by atoms with Crippen LogP contribution in [0.1, 0.15) is 73.6 Å². The number of hydrogen-bond acceptors (Lipinski definition) is 2. The van der Waals surface area contributed by atoms with Crippen molar-refractivity contribution in [3.05, 3.63) is 35.9 Å². The van der Waals surface area contributed by atoms with Gasteiger partial charge in [-0.15, -0.1) is 0 Å². The summed E-state index contributed by atoms with van der Waals surface area (Å²) in [4.78, 5) is 18.0. The zero-order chi connectivity index (χ0) is 16.6. The third kappa shape index (κ3) is 2.19. The fourth-order valence-electron chi connectivity index (χ4n) is 6.42. The maximum absolute atomic E-state index is 13.2. The normalized spacial score (nSPS) is 36.1. The number of pyridine rings is 1. The summed E-state index contributed by atoms with van der Waals surface area (Å²) in [6.45, 7) is 0. The van der Waals surface area contributed by atoms with Crippen LogP contribution in [0.15, 0.2) is 24.4 Å². The number of carbonyl (C=O) groups excluding carboxylic acids is 1. The highest BCUT2D eigenvalue weighted by Crippen LogP contribution is 2.55. The number of amides is 1. The number of nitrogens with one attached hydrogen (secondary N) is 1. The lowest BCUT2D eigenvalue weighted by Gasteiger charge is -2.56. The topological polar surface area (TPSA) is 46.4 Å². The quantitative estimate of drug-likeness (QED) is 0.924. The van der Waals surface area contributed by atoms with Gasteiger partial charge in [0.15, 0.2) is 5.69 Å². The molecule has 5 aliphatic carbocycles. The van der Waals surface area contributed by atoms with Crippen LogP contribution >= 0.6 is 0 Å². The minimum Gasteiger partial charge on any atom is -0.345 e. The van der Waals surface area contributed by atoms with Crippen LogP contribution in [0.5, 0.6) is 0 Å². The molecule has 2 aromatic heterocycles. The summed E-state index contributed by atoms with van der Waals surface area (Å²) in [7, 11) is 0. The van der Waals surface area contributed by atoms with E-state index in [2.05, 4.69) is 15.9 Å². The summed E-state index contributed by atoms with van der Waals surface area (Å²) >= 11 is 0. The van der Waals surface area contributed by atoms with Crippen molar-refractivity contribution in [1.29, 1.82) is 0 Å². The van der Waals surface area contributed by atoms with Gasteiger partial charge in [-0.3, -0.25) is 4.79 Å². The first-order chi connectivity index (χ1) is 12.2. The first kappa shape index (κ1) is 14.3. The first-order valence-electron chi connectivity index (χ1n) is 9.99. The Balaban J connectivity index is 1.35. The van der Waals surface area contributed by atoms with E-state index in [1.54, 1.807) is 0 Å². The predicted octanol–water partition coefficient (Wildman–Crippen LogP) is 3.91. The Morgan fingerprint density at radius 3 is 2.40 bits per heavy atom. The second kappa shape index (κ2) is 4.87. The number of carbonyl (C=O) groups is 1. The van der Waals surface area contributed by atoms with E-state index < -0.39 is 0 Å². The third-order valence-electron chi connectivity index (χ3n) is 7.15. The summed E-state index contributed by atoms with van der Waals surface area (Å²) in [5, 5.41) is 3.49. The van der Waals surface area contributed by atoms with Crippen LogP contribution in [-0.4, -0.2) is 20.8 Å². The van der Waals surface area contributed by atoms with Gasteiger partial charge in [0.25, 0.3) is 5.91 Å². The minimum absolute atomic E-state index is 0.0519. The number of imidazole rings is 1. The largest absolute Gasteiger partial charge is 0.345 e. The van der Waals surface area contributed by atoms with Crippen molar-refractivity contribution in [2.45, 2.75) is 62.8 Å². The Labute approximate surface area is 148 Å². The van der Waals surface area contributed by atoms with Crippen LogP contribution < -0.4 is 5.32 Å². The van der Waals surface area contributed by atoms with Crippen LogP contribution in [0.2, 0.25) is 0 Å². The maximum atomic E-state index is 13.2. The fourth-order valence-corrected chi connectivity index (χ4v) is 6.42. The van der Waals surface area contributed by atoms with E-state index in [1.165, 1.54) is 51.4 Å². The molecule has 5 fully saturated rings. The summed E-state index contributed by atoms with van der Waals surface area (Å²) in [5.41, 5.74) is 1.65. The average molecular weight is 335 g/mol. The average Bonchev–Trinajstić information content (AvgIpc) is 3.33. The number of fused-ring (bicyclic) bond motifs is 1. The van der Waals surface area contributed by atoms with Gasteiger partial charge >= 0.3 is 0 Å². The molecule has 4 heteroatoms. The highest BCUT2D eigenvalue weighted by atomic mass is 16.2.